The van der Waals surface area contributed by atoms with Gasteiger partial charge < -0.3 is 30.0 Å². The first-order valence-corrected chi connectivity index (χ1v) is 4.06. The van der Waals surface area contributed by atoms with E-state index in [0.717, 1.165) is 0 Å². The lowest BCUT2D eigenvalue weighted by molar-refractivity contribution is -0.154. The highest BCUT2D eigenvalue weighted by Gasteiger charge is 2.30. The molecule has 0 rings (SSSR count). The van der Waals surface area contributed by atoms with Gasteiger partial charge in [-0.15, -0.1) is 0 Å². The standard InChI is InChI=1S/C8H14O7/c1-4(10)15-3-6(12)8(14)7(13)5(11)2-9/h2,5-8,11-14H,3H2,1H3/t5-,6+,7+,8-/m0/s1/i1D. The molecule has 0 aliphatic heterocycles. The predicted octanol–water partition coefficient (Wildman–Crippen LogP) is -2.81. The molecular formula is C8H14O7. The first kappa shape index (κ1) is 12.1. The van der Waals surface area contributed by atoms with Crippen molar-refractivity contribution in [3.05, 3.63) is 0 Å². The van der Waals surface area contributed by atoms with Crippen molar-refractivity contribution in [1.82, 2.24) is 0 Å². The molecule has 0 heterocycles. The van der Waals surface area contributed by atoms with Crippen LogP contribution in [0.2, 0.25) is 0 Å². The van der Waals surface area contributed by atoms with Crippen LogP contribution in [0.1, 0.15) is 8.27 Å². The van der Waals surface area contributed by atoms with Crippen LogP contribution in [0.25, 0.3) is 0 Å². The van der Waals surface area contributed by atoms with Gasteiger partial charge in [-0.25, -0.2) is 0 Å². The van der Waals surface area contributed by atoms with E-state index in [4.69, 9.17) is 11.6 Å². The van der Waals surface area contributed by atoms with E-state index in [1.54, 1.807) is 0 Å². The summed E-state index contributed by atoms with van der Waals surface area (Å²) in [6, 6.07) is 0. The van der Waals surface area contributed by atoms with Gasteiger partial charge in [-0.3, -0.25) is 4.79 Å². The molecule has 7 nitrogen and oxygen atoms in total. The van der Waals surface area contributed by atoms with Crippen molar-refractivity contribution in [2.45, 2.75) is 31.3 Å². The lowest BCUT2D eigenvalue weighted by Gasteiger charge is -2.23. The number of carbonyl (C=O) groups is 2. The topological polar surface area (TPSA) is 124 Å². The predicted molar refractivity (Wildman–Crippen MR) is 46.7 cm³/mol. The molecule has 15 heavy (non-hydrogen) atoms. The summed E-state index contributed by atoms with van der Waals surface area (Å²) in [5.74, 6) is -0.906. The molecule has 0 aliphatic rings. The summed E-state index contributed by atoms with van der Waals surface area (Å²) in [6.45, 7) is -1.27. The summed E-state index contributed by atoms with van der Waals surface area (Å²) in [7, 11) is 0. The fraction of sp³-hybridized carbons (Fsp3) is 0.750. The molecule has 0 fully saturated rings. The molecule has 0 aromatic heterocycles. The van der Waals surface area contributed by atoms with Crippen molar-refractivity contribution in [3.63, 3.8) is 0 Å². The Morgan fingerprint density at radius 2 is 2.00 bits per heavy atom. The highest BCUT2D eigenvalue weighted by molar-refractivity contribution is 5.65. The molecule has 88 valence electrons. The van der Waals surface area contributed by atoms with Gasteiger partial charge in [-0.1, -0.05) is 0 Å². The van der Waals surface area contributed by atoms with E-state index >= 15 is 0 Å². The lowest BCUT2D eigenvalue weighted by atomic mass is 10.0. The third kappa shape index (κ3) is 4.84. The van der Waals surface area contributed by atoms with Crippen molar-refractivity contribution in [1.29, 1.82) is 0 Å². The molecule has 0 radical (unpaired) electrons. The van der Waals surface area contributed by atoms with Crippen molar-refractivity contribution < 1.29 is 36.1 Å². The minimum atomic E-state index is -1.87. The Morgan fingerprint density at radius 3 is 2.47 bits per heavy atom. The van der Waals surface area contributed by atoms with Crippen LogP contribution in [0, 0.1) is 0 Å². The molecule has 0 saturated heterocycles. The minimum Gasteiger partial charge on any atom is -0.463 e. The summed E-state index contributed by atoms with van der Waals surface area (Å²) < 4.78 is 10.9. The summed E-state index contributed by atoms with van der Waals surface area (Å²) in [5.41, 5.74) is 0. The molecule has 0 aromatic rings. The number of hydrogen-bond acceptors (Lipinski definition) is 7. The highest BCUT2D eigenvalue weighted by atomic mass is 16.5. The second-order valence-corrected chi connectivity index (χ2v) is 2.86. The Bertz CT molecular complexity index is 234. The molecule has 7 heteroatoms. The largest absolute Gasteiger partial charge is 0.463 e. The van der Waals surface area contributed by atoms with Gasteiger partial charge in [0.15, 0.2) is 6.29 Å². The first-order valence-electron chi connectivity index (χ1n) is 4.77. The molecule has 0 aliphatic carbocycles. The van der Waals surface area contributed by atoms with E-state index in [9.17, 15) is 19.8 Å². The molecule has 0 aromatic carbocycles. The van der Waals surface area contributed by atoms with Crippen molar-refractivity contribution in [2.75, 3.05) is 6.61 Å². The van der Waals surface area contributed by atoms with Gasteiger partial charge in [-0.05, 0) is 0 Å². The normalized spacial score (nSPS) is 19.6. The van der Waals surface area contributed by atoms with Gasteiger partial charge in [0, 0.05) is 8.27 Å². The maximum Gasteiger partial charge on any atom is 0.302 e. The van der Waals surface area contributed by atoms with Crippen molar-refractivity contribution in [2.24, 2.45) is 0 Å². The maximum atomic E-state index is 10.5. The van der Waals surface area contributed by atoms with Crippen LogP contribution in [0.15, 0.2) is 0 Å². The molecule has 0 bridgehead atoms. The SMILES string of the molecule is [2H]CC(=O)OC[C@@H](O)[C@H](O)[C@H](O)[C@@H](O)C=O. The number of aliphatic hydroxyl groups excluding tert-OH is 4. The molecule has 0 unspecified atom stereocenters. The Morgan fingerprint density at radius 1 is 1.40 bits per heavy atom. The molecule has 4 atom stereocenters. The van der Waals surface area contributed by atoms with Crippen LogP contribution in [0.4, 0.5) is 0 Å². The van der Waals surface area contributed by atoms with Crippen LogP contribution in [0.3, 0.4) is 0 Å². The van der Waals surface area contributed by atoms with Gasteiger partial charge in [0.05, 0.1) is 0 Å². The van der Waals surface area contributed by atoms with Crippen LogP contribution >= 0.6 is 0 Å². The van der Waals surface area contributed by atoms with Gasteiger partial charge in [0.1, 0.15) is 31.0 Å². The summed E-state index contributed by atoms with van der Waals surface area (Å²) in [6.07, 6.45) is -7.20. The molecule has 0 spiro atoms. The zero-order valence-corrected chi connectivity index (χ0v) is 7.81. The fourth-order valence-corrected chi connectivity index (χ4v) is 0.787. The lowest BCUT2D eigenvalue weighted by Crippen LogP contribution is -2.46. The van der Waals surface area contributed by atoms with E-state index in [1.165, 1.54) is 0 Å². The highest BCUT2D eigenvalue weighted by Crippen LogP contribution is 2.04. The Kier molecular flexibility index (Phi) is 5.19. The van der Waals surface area contributed by atoms with Crippen LogP contribution in [0.5, 0.6) is 0 Å². The Balaban J connectivity index is 4.11. The van der Waals surface area contributed by atoms with Gasteiger partial charge in [0.25, 0.3) is 0 Å². The second-order valence-electron chi connectivity index (χ2n) is 2.86. The van der Waals surface area contributed by atoms with Gasteiger partial charge in [0.2, 0.25) is 0 Å². The fourth-order valence-electron chi connectivity index (χ4n) is 0.787. The number of hydrogen-bond donors (Lipinski definition) is 4. The third-order valence-corrected chi connectivity index (χ3v) is 1.65. The van der Waals surface area contributed by atoms with E-state index in [0.29, 0.717) is 0 Å². The number of carbonyl (C=O) groups excluding carboxylic acids is 2. The average Bonchev–Trinajstić information content (AvgIpc) is 2.32. The third-order valence-electron chi connectivity index (χ3n) is 1.65. The van der Waals surface area contributed by atoms with Crippen LogP contribution in [-0.2, 0) is 14.3 Å². The number of ether oxygens (including phenoxy) is 1. The van der Waals surface area contributed by atoms with Gasteiger partial charge >= 0.3 is 5.97 Å². The van der Waals surface area contributed by atoms with E-state index in [-0.39, 0.29) is 6.29 Å². The van der Waals surface area contributed by atoms with E-state index in [1.807, 2.05) is 0 Å². The summed E-state index contributed by atoms with van der Waals surface area (Å²) in [5, 5.41) is 36.4. The molecule has 0 saturated carbocycles. The molecule has 0 amide bonds. The Hall–Kier alpha value is -1.02. The smallest absolute Gasteiger partial charge is 0.302 e. The minimum absolute atomic E-state index is 0.00355. The zero-order chi connectivity index (χ0) is 12.7. The Labute approximate surface area is 87.3 Å². The van der Waals surface area contributed by atoms with Gasteiger partial charge in [-0.2, -0.15) is 0 Å². The number of rotatable bonds is 6. The summed E-state index contributed by atoms with van der Waals surface area (Å²) >= 11 is 0. The molecule has 4 N–H and O–H groups in total. The van der Waals surface area contributed by atoms with Crippen molar-refractivity contribution in [3.8, 4) is 0 Å². The van der Waals surface area contributed by atoms with E-state index in [2.05, 4.69) is 4.74 Å². The van der Waals surface area contributed by atoms with Crippen LogP contribution < -0.4 is 0 Å². The number of aliphatic hydroxyl groups is 4. The monoisotopic (exact) mass is 223 g/mol. The average molecular weight is 223 g/mol. The second kappa shape index (κ2) is 6.46. The summed E-state index contributed by atoms with van der Waals surface area (Å²) in [4.78, 5) is 20.6. The number of aldehydes is 1. The zero-order valence-electron chi connectivity index (χ0n) is 8.81. The number of esters is 1. The van der Waals surface area contributed by atoms with Crippen molar-refractivity contribution >= 4 is 12.3 Å². The van der Waals surface area contributed by atoms with Crippen LogP contribution in [-0.4, -0.2) is 63.7 Å². The van der Waals surface area contributed by atoms with E-state index < -0.39 is 43.9 Å². The first-order chi connectivity index (χ1) is 7.43. The quantitative estimate of drug-likeness (QED) is 0.283. The molecular weight excluding hydrogens is 208 g/mol. The maximum absolute atomic E-state index is 10.5.